The minimum absolute atomic E-state index is 0.196. The number of rotatable bonds is 10. The van der Waals surface area contributed by atoms with Crippen LogP contribution in [0.15, 0.2) is 28.8 Å². The summed E-state index contributed by atoms with van der Waals surface area (Å²) in [5, 5.41) is 9.23. The van der Waals surface area contributed by atoms with Crippen molar-refractivity contribution in [3.05, 3.63) is 47.2 Å². The lowest BCUT2D eigenvalue weighted by molar-refractivity contribution is -0.126. The van der Waals surface area contributed by atoms with Gasteiger partial charge in [-0.15, -0.1) is 0 Å². The van der Waals surface area contributed by atoms with E-state index in [-0.39, 0.29) is 23.2 Å². The van der Waals surface area contributed by atoms with Crippen molar-refractivity contribution >= 4 is 17.6 Å². The molecule has 2 atom stereocenters. The molecule has 2 N–H and O–H groups in total. The van der Waals surface area contributed by atoms with Gasteiger partial charge < -0.3 is 15.2 Å². The fourth-order valence-corrected chi connectivity index (χ4v) is 3.84. The van der Waals surface area contributed by atoms with Crippen LogP contribution in [0.3, 0.4) is 0 Å². The van der Waals surface area contributed by atoms with Crippen molar-refractivity contribution < 1.29 is 22.9 Å². The smallest absolute Gasteiger partial charge is 0.248 e. The second-order valence-electron chi connectivity index (χ2n) is 9.61. The normalized spacial score (nSPS) is 13.5. The Morgan fingerprint density at radius 3 is 2.38 bits per heavy atom. The molecular weight excluding hydrogens is 416 g/mol. The molecule has 176 valence electrons. The Kier molecular flexibility index (Phi) is 8.92. The van der Waals surface area contributed by atoms with Crippen molar-refractivity contribution in [2.75, 3.05) is 5.32 Å². The highest BCUT2D eigenvalue weighted by molar-refractivity contribution is 5.96. The van der Waals surface area contributed by atoms with Gasteiger partial charge in [-0.1, -0.05) is 46.2 Å². The summed E-state index contributed by atoms with van der Waals surface area (Å²) in [5.41, 5.74) is 0.403. The molecule has 2 unspecified atom stereocenters. The van der Waals surface area contributed by atoms with E-state index in [0.717, 1.165) is 24.6 Å². The molecule has 1 aromatic carbocycles. The van der Waals surface area contributed by atoms with Gasteiger partial charge in [-0.25, -0.2) is 8.78 Å². The minimum Gasteiger partial charge on any atom is -0.359 e. The SMILES string of the molecule is CCCC(NC(=O)Cc1cc(F)cc(F)c1)C(=O)Nc1cc(CC(C)CC(C)(C)C)on1. The van der Waals surface area contributed by atoms with Crippen molar-refractivity contribution in [3.8, 4) is 0 Å². The molecule has 2 amide bonds. The van der Waals surface area contributed by atoms with Crippen LogP contribution < -0.4 is 10.6 Å². The summed E-state index contributed by atoms with van der Waals surface area (Å²) in [7, 11) is 0. The van der Waals surface area contributed by atoms with Crippen molar-refractivity contribution in [2.24, 2.45) is 11.3 Å². The zero-order chi connectivity index (χ0) is 23.9. The molecule has 6 nitrogen and oxygen atoms in total. The highest BCUT2D eigenvalue weighted by Crippen LogP contribution is 2.27. The molecule has 0 radical (unpaired) electrons. The summed E-state index contributed by atoms with van der Waals surface area (Å²) in [6.45, 7) is 10.6. The third-order valence-electron chi connectivity index (χ3n) is 4.84. The van der Waals surface area contributed by atoms with Gasteiger partial charge in [0.1, 0.15) is 23.4 Å². The fraction of sp³-hybridized carbons (Fsp3) is 0.542. The average molecular weight is 450 g/mol. The highest BCUT2D eigenvalue weighted by Gasteiger charge is 2.22. The van der Waals surface area contributed by atoms with Gasteiger partial charge in [0.25, 0.3) is 0 Å². The van der Waals surface area contributed by atoms with Crippen LogP contribution in [-0.2, 0) is 22.4 Å². The molecule has 0 bridgehead atoms. The van der Waals surface area contributed by atoms with E-state index in [0.29, 0.717) is 30.9 Å². The standard InChI is InChI=1S/C24H33F2N3O3/c1-6-7-20(27-22(30)11-16-9-17(25)12-18(26)10-16)23(31)28-21-13-19(32-29-21)8-15(2)14-24(3,4)5/h9-10,12-13,15,20H,6-8,11,14H2,1-5H3,(H,27,30)(H,28,29,31). The molecule has 0 aliphatic heterocycles. The number of benzene rings is 1. The van der Waals surface area contributed by atoms with Crippen LogP contribution in [-0.4, -0.2) is 23.0 Å². The number of nitrogens with zero attached hydrogens (tertiary/aromatic N) is 1. The molecule has 1 heterocycles. The highest BCUT2D eigenvalue weighted by atomic mass is 19.1. The fourth-order valence-electron chi connectivity index (χ4n) is 3.84. The van der Waals surface area contributed by atoms with Gasteiger partial charge in [0.05, 0.1) is 6.42 Å². The van der Waals surface area contributed by atoms with E-state index in [9.17, 15) is 18.4 Å². The molecular formula is C24H33F2N3O3. The maximum absolute atomic E-state index is 13.3. The lowest BCUT2D eigenvalue weighted by Gasteiger charge is -2.22. The Balaban J connectivity index is 1.95. The van der Waals surface area contributed by atoms with Crippen LogP contribution in [0.4, 0.5) is 14.6 Å². The van der Waals surface area contributed by atoms with Crippen molar-refractivity contribution in [1.82, 2.24) is 10.5 Å². The number of amides is 2. The lowest BCUT2D eigenvalue weighted by Crippen LogP contribution is -2.44. The molecule has 0 spiro atoms. The number of halogens is 2. The third-order valence-corrected chi connectivity index (χ3v) is 4.84. The summed E-state index contributed by atoms with van der Waals surface area (Å²) in [5.74, 6) is -1.07. The summed E-state index contributed by atoms with van der Waals surface area (Å²) >= 11 is 0. The van der Waals surface area contributed by atoms with Crippen LogP contribution in [0.2, 0.25) is 0 Å². The average Bonchev–Trinajstić information content (AvgIpc) is 3.05. The van der Waals surface area contributed by atoms with E-state index < -0.39 is 29.5 Å². The Morgan fingerprint density at radius 1 is 1.12 bits per heavy atom. The summed E-state index contributed by atoms with van der Waals surface area (Å²) in [4.78, 5) is 25.0. The molecule has 0 fully saturated rings. The number of hydrogen-bond acceptors (Lipinski definition) is 4. The van der Waals surface area contributed by atoms with E-state index in [2.05, 4.69) is 43.5 Å². The van der Waals surface area contributed by atoms with E-state index in [4.69, 9.17) is 4.52 Å². The van der Waals surface area contributed by atoms with Gasteiger partial charge in [0, 0.05) is 18.6 Å². The van der Waals surface area contributed by atoms with Gasteiger partial charge in [-0.05, 0) is 41.9 Å². The first-order valence-electron chi connectivity index (χ1n) is 11.0. The number of aromatic nitrogens is 1. The first kappa shape index (κ1) is 25.5. The zero-order valence-corrected chi connectivity index (χ0v) is 19.4. The van der Waals surface area contributed by atoms with Gasteiger partial charge in [-0.3, -0.25) is 9.59 Å². The zero-order valence-electron chi connectivity index (χ0n) is 19.4. The largest absolute Gasteiger partial charge is 0.359 e. The Bertz CT molecular complexity index is 901. The molecule has 32 heavy (non-hydrogen) atoms. The van der Waals surface area contributed by atoms with Gasteiger partial charge in [0.15, 0.2) is 5.82 Å². The molecule has 2 aromatic rings. The van der Waals surface area contributed by atoms with Gasteiger partial charge in [-0.2, -0.15) is 0 Å². The molecule has 0 saturated heterocycles. The minimum atomic E-state index is -0.800. The maximum atomic E-state index is 13.3. The number of carbonyl (C=O) groups excluding carboxylic acids is 2. The van der Waals surface area contributed by atoms with E-state index in [1.807, 2.05) is 6.92 Å². The maximum Gasteiger partial charge on any atom is 0.248 e. The summed E-state index contributed by atoms with van der Waals surface area (Å²) in [6.07, 6.45) is 2.56. The number of anilines is 1. The Hall–Kier alpha value is -2.77. The van der Waals surface area contributed by atoms with Crippen LogP contribution >= 0.6 is 0 Å². The van der Waals surface area contributed by atoms with Gasteiger partial charge >= 0.3 is 0 Å². The van der Waals surface area contributed by atoms with Crippen molar-refractivity contribution in [2.45, 2.75) is 72.8 Å². The monoisotopic (exact) mass is 449 g/mol. The van der Waals surface area contributed by atoms with E-state index >= 15 is 0 Å². The van der Waals surface area contributed by atoms with Crippen LogP contribution in [0, 0.1) is 23.0 Å². The van der Waals surface area contributed by atoms with Crippen molar-refractivity contribution in [3.63, 3.8) is 0 Å². The number of carbonyl (C=O) groups is 2. The predicted octanol–water partition coefficient (Wildman–Crippen LogP) is 5.03. The number of hydrogen-bond donors (Lipinski definition) is 2. The van der Waals surface area contributed by atoms with Crippen LogP contribution in [0.1, 0.15) is 65.2 Å². The quantitative estimate of drug-likeness (QED) is 0.533. The molecule has 0 aliphatic carbocycles. The second-order valence-corrected chi connectivity index (χ2v) is 9.61. The van der Waals surface area contributed by atoms with Gasteiger partial charge in [0.2, 0.25) is 11.8 Å². The van der Waals surface area contributed by atoms with Crippen molar-refractivity contribution in [1.29, 1.82) is 0 Å². The predicted molar refractivity (Wildman–Crippen MR) is 119 cm³/mol. The molecule has 0 saturated carbocycles. The molecule has 8 heteroatoms. The lowest BCUT2D eigenvalue weighted by atomic mass is 9.84. The molecule has 0 aliphatic rings. The third kappa shape index (κ3) is 8.77. The van der Waals surface area contributed by atoms with E-state index in [1.165, 1.54) is 0 Å². The second kappa shape index (κ2) is 11.2. The van der Waals surface area contributed by atoms with Crippen LogP contribution in [0.5, 0.6) is 0 Å². The molecule has 2 rings (SSSR count). The van der Waals surface area contributed by atoms with E-state index in [1.54, 1.807) is 6.07 Å². The molecule has 1 aromatic heterocycles. The Labute approximate surface area is 188 Å². The Morgan fingerprint density at radius 2 is 1.78 bits per heavy atom. The topological polar surface area (TPSA) is 84.2 Å². The first-order chi connectivity index (χ1) is 14.9. The summed E-state index contributed by atoms with van der Waals surface area (Å²) in [6, 6.07) is 3.82. The summed E-state index contributed by atoms with van der Waals surface area (Å²) < 4.78 is 32.0. The first-order valence-corrected chi connectivity index (χ1v) is 11.0. The van der Waals surface area contributed by atoms with Crippen LogP contribution in [0.25, 0.3) is 0 Å². The number of nitrogens with one attached hydrogen (secondary N) is 2.